The van der Waals surface area contributed by atoms with Gasteiger partial charge in [0.2, 0.25) is 5.43 Å². The van der Waals surface area contributed by atoms with E-state index in [0.717, 1.165) is 18.5 Å². The van der Waals surface area contributed by atoms with Crippen molar-refractivity contribution in [2.45, 2.75) is 25.4 Å². The Morgan fingerprint density at radius 2 is 2.04 bits per heavy atom. The van der Waals surface area contributed by atoms with Crippen molar-refractivity contribution in [3.05, 3.63) is 69.6 Å². The third-order valence-corrected chi connectivity index (χ3v) is 5.03. The number of hydrogen-bond donors (Lipinski definition) is 1. The van der Waals surface area contributed by atoms with Crippen molar-refractivity contribution in [3.63, 3.8) is 0 Å². The Hall–Kier alpha value is -2.99. The van der Waals surface area contributed by atoms with E-state index in [-0.39, 0.29) is 17.0 Å². The predicted molar refractivity (Wildman–Crippen MR) is 105 cm³/mol. The molecule has 0 bridgehead atoms. The molecule has 0 radical (unpaired) electrons. The molecule has 3 aromatic rings. The van der Waals surface area contributed by atoms with Crippen LogP contribution in [0, 0.1) is 0 Å². The van der Waals surface area contributed by atoms with Crippen LogP contribution in [0.5, 0.6) is 0 Å². The third-order valence-electron chi connectivity index (χ3n) is 5.03. The molecule has 6 heteroatoms. The summed E-state index contributed by atoms with van der Waals surface area (Å²) < 4.78 is 6.91. The van der Waals surface area contributed by atoms with Gasteiger partial charge in [-0.3, -0.25) is 9.59 Å². The summed E-state index contributed by atoms with van der Waals surface area (Å²) in [5, 5.41) is 3.92. The molecule has 0 atom stereocenters. The molecule has 0 saturated carbocycles. The van der Waals surface area contributed by atoms with Crippen molar-refractivity contribution in [3.8, 4) is 0 Å². The minimum atomic E-state index is -0.292. The maximum atomic E-state index is 12.6. The molecule has 138 valence electrons. The lowest BCUT2D eigenvalue weighted by molar-refractivity contribution is 0.112. The number of anilines is 1. The van der Waals surface area contributed by atoms with Gasteiger partial charge in [0.15, 0.2) is 6.29 Å². The van der Waals surface area contributed by atoms with E-state index in [9.17, 15) is 9.59 Å². The number of pyridine rings is 2. The van der Waals surface area contributed by atoms with Crippen LogP contribution in [0.15, 0.2) is 47.5 Å². The number of aromatic nitrogens is 2. The molecule has 1 aromatic carbocycles. The highest BCUT2D eigenvalue weighted by atomic mass is 16.5. The van der Waals surface area contributed by atoms with E-state index in [2.05, 4.69) is 34.6 Å². The van der Waals surface area contributed by atoms with E-state index in [0.29, 0.717) is 30.5 Å². The van der Waals surface area contributed by atoms with Gasteiger partial charge in [0.05, 0.1) is 29.4 Å². The van der Waals surface area contributed by atoms with Crippen LogP contribution >= 0.6 is 0 Å². The minimum absolute atomic E-state index is 0.130. The molecular weight excluding hydrogens is 342 g/mol. The van der Waals surface area contributed by atoms with Crippen molar-refractivity contribution < 1.29 is 9.53 Å². The largest absolute Gasteiger partial charge is 0.383 e. The molecule has 27 heavy (non-hydrogen) atoms. The molecule has 2 aromatic heterocycles. The van der Waals surface area contributed by atoms with Crippen molar-refractivity contribution in [2.75, 3.05) is 19.0 Å². The van der Waals surface area contributed by atoms with Gasteiger partial charge in [-0.15, -0.1) is 0 Å². The summed E-state index contributed by atoms with van der Waals surface area (Å²) in [6, 6.07) is 10.5. The second-order valence-electron chi connectivity index (χ2n) is 6.83. The number of rotatable bonds is 6. The van der Waals surface area contributed by atoms with Crippen molar-refractivity contribution >= 4 is 23.0 Å². The Bertz CT molecular complexity index is 1030. The van der Waals surface area contributed by atoms with Gasteiger partial charge in [0.1, 0.15) is 5.65 Å². The van der Waals surface area contributed by atoms with E-state index in [4.69, 9.17) is 4.74 Å². The average molecular weight is 363 g/mol. The minimum Gasteiger partial charge on any atom is -0.383 e. The zero-order valence-corrected chi connectivity index (χ0v) is 15.1. The van der Waals surface area contributed by atoms with Gasteiger partial charge in [-0.1, -0.05) is 24.3 Å². The van der Waals surface area contributed by atoms with Gasteiger partial charge >= 0.3 is 0 Å². The van der Waals surface area contributed by atoms with Crippen LogP contribution in [-0.2, 0) is 24.1 Å². The van der Waals surface area contributed by atoms with Crippen LogP contribution in [-0.4, -0.2) is 35.6 Å². The molecule has 0 spiro atoms. The first-order valence-corrected chi connectivity index (χ1v) is 9.00. The number of methoxy groups -OCH3 is 1. The molecule has 0 aliphatic heterocycles. The van der Waals surface area contributed by atoms with E-state index < -0.39 is 0 Å². The summed E-state index contributed by atoms with van der Waals surface area (Å²) in [5.41, 5.74) is 3.90. The fraction of sp³-hybridized carbons (Fsp3) is 0.286. The molecule has 1 N–H and O–H groups in total. The smallest absolute Gasteiger partial charge is 0.201 e. The standard InChI is InChI=1S/C21H21N3O3/c1-27-7-6-24-12-16(13-25)20(26)19-10-18(11-22-21(19)24)23-17-8-14-4-2-3-5-15(14)9-17/h2-5,10-13,17,23H,6-9H2,1H3. The molecule has 1 aliphatic carbocycles. The number of fused-ring (bicyclic) bond motifs is 2. The highest BCUT2D eigenvalue weighted by molar-refractivity contribution is 5.85. The maximum absolute atomic E-state index is 12.6. The lowest BCUT2D eigenvalue weighted by Gasteiger charge is -2.15. The molecule has 6 nitrogen and oxygen atoms in total. The summed E-state index contributed by atoms with van der Waals surface area (Å²) in [6.45, 7) is 0.990. The van der Waals surface area contributed by atoms with Crippen LogP contribution in [0.2, 0.25) is 0 Å². The van der Waals surface area contributed by atoms with Crippen LogP contribution in [0.25, 0.3) is 11.0 Å². The van der Waals surface area contributed by atoms with Crippen molar-refractivity contribution in [1.29, 1.82) is 0 Å². The van der Waals surface area contributed by atoms with E-state index in [1.54, 1.807) is 30.1 Å². The Morgan fingerprint density at radius 1 is 1.30 bits per heavy atom. The molecule has 0 amide bonds. The van der Waals surface area contributed by atoms with Crippen LogP contribution in [0.1, 0.15) is 21.5 Å². The van der Waals surface area contributed by atoms with Gasteiger partial charge in [-0.05, 0) is 30.0 Å². The van der Waals surface area contributed by atoms with Crippen molar-refractivity contribution in [1.82, 2.24) is 9.55 Å². The molecule has 1 aliphatic rings. The summed E-state index contributed by atoms with van der Waals surface area (Å²) in [7, 11) is 1.61. The number of hydrogen-bond acceptors (Lipinski definition) is 5. The third kappa shape index (κ3) is 3.36. The van der Waals surface area contributed by atoms with Crippen molar-refractivity contribution in [2.24, 2.45) is 0 Å². The molecule has 2 heterocycles. The van der Waals surface area contributed by atoms with Gasteiger partial charge in [0.25, 0.3) is 0 Å². The second-order valence-corrected chi connectivity index (χ2v) is 6.83. The highest BCUT2D eigenvalue weighted by Crippen LogP contribution is 2.25. The zero-order valence-electron chi connectivity index (χ0n) is 15.1. The summed E-state index contributed by atoms with van der Waals surface area (Å²) in [4.78, 5) is 28.4. The topological polar surface area (TPSA) is 73.2 Å². The van der Waals surface area contributed by atoms with Gasteiger partial charge < -0.3 is 14.6 Å². The molecule has 0 fully saturated rings. The first-order valence-electron chi connectivity index (χ1n) is 9.00. The number of nitrogens with one attached hydrogen (secondary N) is 1. The Kier molecular flexibility index (Phi) is 4.73. The van der Waals surface area contributed by atoms with E-state index in [1.807, 2.05) is 0 Å². The quantitative estimate of drug-likeness (QED) is 0.681. The number of ether oxygens (including phenoxy) is 1. The lowest BCUT2D eigenvalue weighted by Crippen LogP contribution is -2.21. The van der Waals surface area contributed by atoms with E-state index >= 15 is 0 Å². The normalized spacial score (nSPS) is 13.7. The Morgan fingerprint density at radius 3 is 2.70 bits per heavy atom. The highest BCUT2D eigenvalue weighted by Gasteiger charge is 2.21. The number of carbonyl (C=O) groups excluding carboxylic acids is 1. The Balaban J connectivity index is 1.66. The van der Waals surface area contributed by atoms with Crippen LogP contribution in [0.4, 0.5) is 5.69 Å². The lowest BCUT2D eigenvalue weighted by atomic mass is 10.1. The Labute approximate surface area is 156 Å². The zero-order chi connectivity index (χ0) is 18.8. The monoisotopic (exact) mass is 363 g/mol. The first kappa shape index (κ1) is 17.4. The van der Waals surface area contributed by atoms with Crippen LogP contribution < -0.4 is 10.7 Å². The van der Waals surface area contributed by atoms with Gasteiger partial charge in [-0.25, -0.2) is 4.98 Å². The number of aldehydes is 1. The van der Waals surface area contributed by atoms with E-state index in [1.165, 1.54) is 11.1 Å². The summed E-state index contributed by atoms with van der Waals surface area (Å²) in [5.74, 6) is 0. The molecule has 0 unspecified atom stereocenters. The van der Waals surface area contributed by atoms with Gasteiger partial charge in [-0.2, -0.15) is 0 Å². The number of carbonyl (C=O) groups is 1. The molecular formula is C21H21N3O3. The number of benzene rings is 1. The second kappa shape index (κ2) is 7.32. The van der Waals surface area contributed by atoms with Gasteiger partial charge in [0, 0.05) is 25.9 Å². The number of nitrogens with zero attached hydrogens (tertiary/aromatic N) is 2. The predicted octanol–water partition coefficient (Wildman–Crippen LogP) is 2.43. The first-order chi connectivity index (χ1) is 13.2. The molecule has 0 saturated heterocycles. The van der Waals surface area contributed by atoms with Crippen LogP contribution in [0.3, 0.4) is 0 Å². The fourth-order valence-electron chi connectivity index (χ4n) is 3.72. The maximum Gasteiger partial charge on any atom is 0.201 e. The summed E-state index contributed by atoms with van der Waals surface area (Å²) in [6.07, 6.45) is 5.78. The average Bonchev–Trinajstić information content (AvgIpc) is 3.10. The molecule has 4 rings (SSSR count). The summed E-state index contributed by atoms with van der Waals surface area (Å²) >= 11 is 0. The SMILES string of the molecule is COCCn1cc(C=O)c(=O)c2cc(NC3Cc4ccccc4C3)cnc21. The fourth-order valence-corrected chi connectivity index (χ4v) is 3.72.